The van der Waals surface area contributed by atoms with Crippen LogP contribution in [-0.4, -0.2) is 34.2 Å². The second-order valence-electron chi connectivity index (χ2n) is 7.26. The molecule has 1 fully saturated rings. The van der Waals surface area contributed by atoms with Crippen molar-refractivity contribution < 1.29 is 19.1 Å². The van der Waals surface area contributed by atoms with Crippen LogP contribution >= 0.6 is 0 Å². The van der Waals surface area contributed by atoms with Crippen LogP contribution in [-0.2, 0) is 19.1 Å². The Morgan fingerprint density at radius 1 is 1.08 bits per heavy atom. The lowest BCUT2D eigenvalue weighted by atomic mass is 9.66. The number of ether oxygens (including phenoxy) is 2. The van der Waals surface area contributed by atoms with Crippen LogP contribution in [0.25, 0.3) is 0 Å². The lowest BCUT2D eigenvalue weighted by Crippen LogP contribution is -2.48. The Bertz CT molecular complexity index is 531. The molecule has 1 rings (SSSR count). The summed E-state index contributed by atoms with van der Waals surface area (Å²) in [6.07, 6.45) is 0.312. The fourth-order valence-corrected chi connectivity index (χ4v) is 7.05. The Hall–Kier alpha value is -1.36. The maximum atomic E-state index is 12.6. The standard InChI is InChI=1S/C19H32O4Si/c1-9-24(10-2,11-3)13-15-12-19(16(20)22-7,17(21)23-8)18(5,6)14(15)4/h13H,4,9-12H2,1-3,5-8H3/b15-13-. The summed E-state index contributed by atoms with van der Waals surface area (Å²) in [4.78, 5) is 25.3. The van der Waals surface area contributed by atoms with E-state index in [1.807, 2.05) is 13.8 Å². The monoisotopic (exact) mass is 352 g/mol. The molecule has 0 bridgehead atoms. The predicted octanol–water partition coefficient (Wildman–Crippen LogP) is 4.28. The Morgan fingerprint density at radius 2 is 1.50 bits per heavy atom. The number of carbonyl (C=O) groups is 2. The van der Waals surface area contributed by atoms with Crippen molar-refractivity contribution in [1.29, 1.82) is 0 Å². The summed E-state index contributed by atoms with van der Waals surface area (Å²) in [7, 11) is 1.07. The van der Waals surface area contributed by atoms with Gasteiger partial charge in [-0.1, -0.05) is 70.6 Å². The fraction of sp³-hybridized carbons (Fsp3) is 0.684. The highest BCUT2D eigenvalue weighted by molar-refractivity contribution is 6.84. The normalized spacial score (nSPS) is 21.0. The highest BCUT2D eigenvalue weighted by atomic mass is 28.3. The lowest BCUT2D eigenvalue weighted by molar-refractivity contribution is -0.175. The van der Waals surface area contributed by atoms with Crippen LogP contribution in [0.3, 0.4) is 0 Å². The molecule has 0 aromatic heterocycles. The minimum Gasteiger partial charge on any atom is -0.468 e. The van der Waals surface area contributed by atoms with E-state index < -0.39 is 30.8 Å². The smallest absolute Gasteiger partial charge is 0.324 e. The van der Waals surface area contributed by atoms with Gasteiger partial charge in [0, 0.05) is 5.41 Å². The van der Waals surface area contributed by atoms with Crippen LogP contribution < -0.4 is 0 Å². The number of rotatable bonds is 6. The third kappa shape index (κ3) is 2.87. The SMILES string of the molecule is C=C1/C(=C\[Si](CC)(CC)CC)CC(C(=O)OC)(C(=O)OC)C1(C)C. The van der Waals surface area contributed by atoms with E-state index in [-0.39, 0.29) is 0 Å². The van der Waals surface area contributed by atoms with Gasteiger partial charge in [-0.3, -0.25) is 9.59 Å². The third-order valence-corrected chi connectivity index (χ3v) is 11.5. The molecule has 5 heteroatoms. The minimum atomic E-state index is -1.57. The van der Waals surface area contributed by atoms with E-state index in [4.69, 9.17) is 9.47 Å². The molecule has 1 aliphatic rings. The molecular formula is C19H32O4Si. The molecule has 0 N–H and O–H groups in total. The zero-order valence-corrected chi connectivity index (χ0v) is 17.2. The molecule has 0 aromatic rings. The summed E-state index contributed by atoms with van der Waals surface area (Å²) in [5.41, 5.74) is 2.16. The molecule has 0 spiro atoms. The first-order chi connectivity index (χ1) is 11.1. The fourth-order valence-electron chi connectivity index (χ4n) is 3.92. The highest BCUT2D eigenvalue weighted by Gasteiger charge is 2.65. The van der Waals surface area contributed by atoms with E-state index >= 15 is 0 Å². The van der Waals surface area contributed by atoms with E-state index in [0.717, 1.165) is 29.3 Å². The summed E-state index contributed by atoms with van der Waals surface area (Å²) in [6.45, 7) is 14.7. The van der Waals surface area contributed by atoms with Crippen molar-refractivity contribution in [3.8, 4) is 0 Å². The van der Waals surface area contributed by atoms with Gasteiger partial charge in [-0.2, -0.15) is 0 Å². The van der Waals surface area contributed by atoms with E-state index in [9.17, 15) is 9.59 Å². The van der Waals surface area contributed by atoms with Gasteiger partial charge in [0.05, 0.1) is 22.3 Å². The molecular weight excluding hydrogens is 320 g/mol. The van der Waals surface area contributed by atoms with Gasteiger partial charge in [0.15, 0.2) is 5.41 Å². The molecule has 0 unspecified atom stereocenters. The molecule has 0 atom stereocenters. The van der Waals surface area contributed by atoms with Crippen molar-refractivity contribution in [1.82, 2.24) is 0 Å². The first kappa shape index (κ1) is 20.7. The van der Waals surface area contributed by atoms with Crippen molar-refractivity contribution >= 4 is 20.0 Å². The number of allylic oxidation sites excluding steroid dienone is 2. The summed E-state index contributed by atoms with van der Waals surface area (Å²) < 4.78 is 10.0. The number of hydrogen-bond donors (Lipinski definition) is 0. The van der Waals surface area contributed by atoms with Crippen molar-refractivity contribution in [2.75, 3.05) is 14.2 Å². The second-order valence-corrected chi connectivity index (χ2v) is 12.4. The van der Waals surface area contributed by atoms with Crippen molar-refractivity contribution in [2.45, 2.75) is 59.2 Å². The molecule has 0 amide bonds. The first-order valence-corrected chi connectivity index (χ1v) is 11.4. The Labute approximate surface area is 147 Å². The van der Waals surface area contributed by atoms with E-state index in [0.29, 0.717) is 6.42 Å². The molecule has 0 heterocycles. The highest BCUT2D eigenvalue weighted by Crippen LogP contribution is 2.59. The number of hydrogen-bond acceptors (Lipinski definition) is 4. The van der Waals surface area contributed by atoms with Gasteiger partial charge in [0.1, 0.15) is 0 Å². The average molecular weight is 353 g/mol. The van der Waals surface area contributed by atoms with E-state index in [2.05, 4.69) is 33.0 Å². The third-order valence-electron chi connectivity index (χ3n) is 6.33. The molecule has 0 radical (unpaired) electrons. The molecule has 1 aliphatic carbocycles. The van der Waals surface area contributed by atoms with Gasteiger partial charge >= 0.3 is 11.9 Å². The molecule has 0 aromatic carbocycles. The van der Waals surface area contributed by atoms with Gasteiger partial charge in [-0.15, -0.1) is 0 Å². The van der Waals surface area contributed by atoms with Crippen LogP contribution in [0.5, 0.6) is 0 Å². The molecule has 0 saturated heterocycles. The van der Waals surface area contributed by atoms with Crippen molar-refractivity contribution in [3.63, 3.8) is 0 Å². The predicted molar refractivity (Wildman–Crippen MR) is 99.3 cm³/mol. The maximum absolute atomic E-state index is 12.6. The topological polar surface area (TPSA) is 52.6 Å². The van der Waals surface area contributed by atoms with Crippen LogP contribution in [0.4, 0.5) is 0 Å². The zero-order chi connectivity index (χ0) is 18.8. The Kier molecular flexibility index (Phi) is 6.25. The largest absolute Gasteiger partial charge is 0.468 e. The van der Waals surface area contributed by atoms with Crippen LogP contribution in [0.15, 0.2) is 23.4 Å². The average Bonchev–Trinajstić information content (AvgIpc) is 2.79. The van der Waals surface area contributed by atoms with Gasteiger partial charge < -0.3 is 9.47 Å². The van der Waals surface area contributed by atoms with Gasteiger partial charge in [-0.05, 0) is 12.0 Å². The first-order valence-electron chi connectivity index (χ1n) is 8.70. The van der Waals surface area contributed by atoms with E-state index in [1.54, 1.807) is 0 Å². The summed E-state index contributed by atoms with van der Waals surface area (Å²) in [6, 6.07) is 3.42. The molecule has 1 saturated carbocycles. The minimum absolute atomic E-state index is 0.312. The summed E-state index contributed by atoms with van der Waals surface area (Å²) in [5.74, 6) is -1.08. The quantitative estimate of drug-likeness (QED) is 0.407. The van der Waals surface area contributed by atoms with Gasteiger partial charge in [0.2, 0.25) is 0 Å². The lowest BCUT2D eigenvalue weighted by Gasteiger charge is -2.35. The van der Waals surface area contributed by atoms with Crippen LogP contribution in [0, 0.1) is 10.8 Å². The molecule has 0 aliphatic heterocycles. The number of carbonyl (C=O) groups excluding carboxylic acids is 2. The van der Waals surface area contributed by atoms with Crippen LogP contribution in [0.1, 0.15) is 41.0 Å². The summed E-state index contributed by atoms with van der Waals surface area (Å²) in [5, 5.41) is 0. The zero-order valence-electron chi connectivity index (χ0n) is 16.2. The van der Waals surface area contributed by atoms with Crippen molar-refractivity contribution in [2.24, 2.45) is 10.8 Å². The molecule has 136 valence electrons. The van der Waals surface area contributed by atoms with E-state index in [1.165, 1.54) is 14.2 Å². The number of esters is 2. The second kappa shape index (κ2) is 7.26. The Balaban J connectivity index is 3.56. The van der Waals surface area contributed by atoms with Gasteiger partial charge in [-0.25, -0.2) is 0 Å². The van der Waals surface area contributed by atoms with Crippen LogP contribution in [0.2, 0.25) is 18.1 Å². The van der Waals surface area contributed by atoms with Crippen molar-refractivity contribution in [3.05, 3.63) is 23.4 Å². The van der Waals surface area contributed by atoms with Gasteiger partial charge in [0.25, 0.3) is 0 Å². The molecule has 24 heavy (non-hydrogen) atoms. The number of methoxy groups -OCH3 is 2. The molecule has 4 nitrogen and oxygen atoms in total. The summed E-state index contributed by atoms with van der Waals surface area (Å²) >= 11 is 0. The maximum Gasteiger partial charge on any atom is 0.324 e. The Morgan fingerprint density at radius 3 is 1.83 bits per heavy atom.